The molecule has 0 heteroatoms. The fourth-order valence-corrected chi connectivity index (χ4v) is 5.92. The predicted molar refractivity (Wildman–Crippen MR) is 168 cm³/mol. The monoisotopic (exact) mass is 510 g/mol. The second kappa shape index (κ2) is 18.9. The molecule has 1 fully saturated rings. The first-order chi connectivity index (χ1) is 18.8. The van der Waals surface area contributed by atoms with E-state index in [1.807, 2.05) is 0 Å². The zero-order valence-corrected chi connectivity index (χ0v) is 24.7. The van der Waals surface area contributed by atoms with Gasteiger partial charge in [0.15, 0.2) is 0 Å². The van der Waals surface area contributed by atoms with Gasteiger partial charge in [-0.25, -0.2) is 0 Å². The minimum absolute atomic E-state index is 0.941. The van der Waals surface area contributed by atoms with Gasteiger partial charge in [-0.15, -0.1) is 0 Å². The van der Waals surface area contributed by atoms with Crippen LogP contribution >= 0.6 is 0 Å². The van der Waals surface area contributed by atoms with Crippen LogP contribution in [-0.4, -0.2) is 0 Å². The molecule has 0 atom stereocenters. The lowest BCUT2D eigenvalue weighted by Gasteiger charge is -2.28. The Labute approximate surface area is 235 Å². The van der Waals surface area contributed by atoms with Gasteiger partial charge in [-0.1, -0.05) is 133 Å². The second-order valence-electron chi connectivity index (χ2n) is 11.8. The number of benzene rings is 2. The molecule has 1 aliphatic carbocycles. The first kappa shape index (κ1) is 30.3. The Balaban J connectivity index is 1.31. The Morgan fingerprint density at radius 1 is 0.579 bits per heavy atom. The van der Waals surface area contributed by atoms with E-state index in [4.69, 9.17) is 0 Å². The summed E-state index contributed by atoms with van der Waals surface area (Å²) in [5, 5.41) is 0. The van der Waals surface area contributed by atoms with E-state index in [2.05, 4.69) is 86.4 Å². The van der Waals surface area contributed by atoms with Crippen molar-refractivity contribution in [2.24, 2.45) is 11.8 Å². The fourth-order valence-electron chi connectivity index (χ4n) is 5.92. The van der Waals surface area contributed by atoms with Crippen molar-refractivity contribution in [3.05, 3.63) is 82.9 Å². The van der Waals surface area contributed by atoms with Crippen molar-refractivity contribution in [3.8, 4) is 11.8 Å². The number of unbranched alkanes of at least 4 members (excludes halogenated alkanes) is 7. The fraction of sp³-hybridized carbons (Fsp3) is 0.579. The van der Waals surface area contributed by atoms with Gasteiger partial charge in [0.1, 0.15) is 0 Å². The highest BCUT2D eigenvalue weighted by molar-refractivity contribution is 5.44. The lowest BCUT2D eigenvalue weighted by molar-refractivity contribution is 0.248. The van der Waals surface area contributed by atoms with Crippen LogP contribution in [0.15, 0.2) is 60.7 Å². The largest absolute Gasteiger partial charge is 0.0888 e. The topological polar surface area (TPSA) is 0 Å². The quantitative estimate of drug-likeness (QED) is 0.120. The molecule has 38 heavy (non-hydrogen) atoms. The molecule has 3 rings (SSSR count). The van der Waals surface area contributed by atoms with Gasteiger partial charge in [0.25, 0.3) is 0 Å². The molecule has 0 spiro atoms. The molecular weight excluding hydrogens is 456 g/mol. The lowest BCUT2D eigenvalue weighted by Crippen LogP contribution is -2.15. The van der Waals surface area contributed by atoms with Crippen molar-refractivity contribution in [1.29, 1.82) is 0 Å². The van der Waals surface area contributed by atoms with Crippen molar-refractivity contribution >= 4 is 0 Å². The van der Waals surface area contributed by atoms with Gasteiger partial charge in [0.2, 0.25) is 0 Å². The number of hydrogen-bond acceptors (Lipinski definition) is 0. The summed E-state index contributed by atoms with van der Waals surface area (Å²) in [4.78, 5) is 0. The SMILES string of the molecule is CC/C=C/CCCCc1ccc(C#Cc2ccc(CCC3CCC(CCCCCCCC)CC3)cc2)cc1. The molecule has 0 nitrogen and oxygen atoms in total. The van der Waals surface area contributed by atoms with Crippen LogP contribution < -0.4 is 0 Å². The van der Waals surface area contributed by atoms with E-state index in [9.17, 15) is 0 Å². The molecule has 1 aliphatic rings. The molecular formula is C38H54. The molecule has 2 aromatic rings. The van der Waals surface area contributed by atoms with Gasteiger partial charge < -0.3 is 0 Å². The van der Waals surface area contributed by atoms with Gasteiger partial charge in [0, 0.05) is 11.1 Å². The molecule has 0 amide bonds. The maximum absolute atomic E-state index is 3.36. The highest BCUT2D eigenvalue weighted by atomic mass is 14.3. The van der Waals surface area contributed by atoms with Crippen molar-refractivity contribution in [2.75, 3.05) is 0 Å². The molecule has 206 valence electrons. The minimum Gasteiger partial charge on any atom is -0.0888 e. The summed E-state index contributed by atoms with van der Waals surface area (Å²) >= 11 is 0. The van der Waals surface area contributed by atoms with Crippen molar-refractivity contribution in [1.82, 2.24) is 0 Å². The van der Waals surface area contributed by atoms with E-state index in [0.29, 0.717) is 0 Å². The Morgan fingerprint density at radius 2 is 1.13 bits per heavy atom. The Bertz CT molecular complexity index is 942. The van der Waals surface area contributed by atoms with Gasteiger partial charge in [0.05, 0.1) is 0 Å². The number of aryl methyl sites for hydroxylation is 2. The molecule has 0 heterocycles. The Hall–Kier alpha value is -2.26. The molecule has 0 bridgehead atoms. The minimum atomic E-state index is 0.941. The third-order valence-electron chi connectivity index (χ3n) is 8.52. The normalized spacial score (nSPS) is 17.4. The Kier molecular flexibility index (Phi) is 15.1. The van der Waals surface area contributed by atoms with Crippen LogP contribution in [0.4, 0.5) is 0 Å². The molecule has 0 radical (unpaired) electrons. The van der Waals surface area contributed by atoms with Gasteiger partial charge in [-0.05, 0) is 92.2 Å². The van der Waals surface area contributed by atoms with Crippen LogP contribution in [0.3, 0.4) is 0 Å². The molecule has 0 unspecified atom stereocenters. The van der Waals surface area contributed by atoms with Crippen LogP contribution in [0.5, 0.6) is 0 Å². The summed E-state index contributed by atoms with van der Waals surface area (Å²) in [5.41, 5.74) is 5.12. The van der Waals surface area contributed by atoms with Gasteiger partial charge in [-0.3, -0.25) is 0 Å². The third-order valence-corrected chi connectivity index (χ3v) is 8.52. The summed E-state index contributed by atoms with van der Waals surface area (Å²) < 4.78 is 0. The summed E-state index contributed by atoms with van der Waals surface area (Å²) in [6, 6.07) is 17.9. The van der Waals surface area contributed by atoms with Crippen molar-refractivity contribution in [2.45, 2.75) is 129 Å². The number of rotatable bonds is 16. The maximum atomic E-state index is 3.36. The molecule has 2 aromatic carbocycles. The predicted octanol–water partition coefficient (Wildman–Crippen LogP) is 11.3. The average Bonchev–Trinajstić information content (AvgIpc) is 2.96. The number of hydrogen-bond donors (Lipinski definition) is 0. The molecule has 0 aliphatic heterocycles. The average molecular weight is 511 g/mol. The highest BCUT2D eigenvalue weighted by Crippen LogP contribution is 2.34. The van der Waals surface area contributed by atoms with E-state index in [1.54, 1.807) is 0 Å². The zero-order valence-electron chi connectivity index (χ0n) is 24.7. The van der Waals surface area contributed by atoms with Crippen LogP contribution in [0, 0.1) is 23.7 Å². The zero-order chi connectivity index (χ0) is 26.7. The second-order valence-corrected chi connectivity index (χ2v) is 11.8. The summed E-state index contributed by atoms with van der Waals surface area (Å²) in [7, 11) is 0. The van der Waals surface area contributed by atoms with Gasteiger partial charge >= 0.3 is 0 Å². The Morgan fingerprint density at radius 3 is 1.74 bits per heavy atom. The maximum Gasteiger partial charge on any atom is 0.0249 e. The standard InChI is InChI=1S/C38H54/c1-3-5-7-9-11-13-15-33-17-21-35(22-18-33)25-27-37-29-31-38(32-30-37)28-26-36-23-19-34(20-24-36)16-14-12-10-8-6-4-2/h5,7,17-18,21-22,29-32,34,36H,3-4,6,8-16,19-20,23-24,26,28H2,1-2H3/b7-5+. The summed E-state index contributed by atoms with van der Waals surface area (Å²) in [5.74, 6) is 8.68. The van der Waals surface area contributed by atoms with E-state index in [1.165, 1.54) is 114 Å². The van der Waals surface area contributed by atoms with Crippen LogP contribution in [-0.2, 0) is 12.8 Å². The molecule has 0 saturated heterocycles. The first-order valence-corrected chi connectivity index (χ1v) is 16.1. The first-order valence-electron chi connectivity index (χ1n) is 16.1. The van der Waals surface area contributed by atoms with Crippen LogP contribution in [0.1, 0.15) is 139 Å². The molecule has 1 saturated carbocycles. The lowest BCUT2D eigenvalue weighted by atomic mass is 9.77. The third kappa shape index (κ3) is 12.5. The van der Waals surface area contributed by atoms with Crippen molar-refractivity contribution < 1.29 is 0 Å². The van der Waals surface area contributed by atoms with E-state index in [-0.39, 0.29) is 0 Å². The highest BCUT2D eigenvalue weighted by Gasteiger charge is 2.20. The van der Waals surface area contributed by atoms with Crippen LogP contribution in [0.2, 0.25) is 0 Å². The number of allylic oxidation sites excluding steroid dienone is 2. The summed E-state index contributed by atoms with van der Waals surface area (Å²) in [6.07, 6.45) is 29.2. The van der Waals surface area contributed by atoms with Crippen LogP contribution in [0.25, 0.3) is 0 Å². The molecule has 0 aromatic heterocycles. The van der Waals surface area contributed by atoms with Gasteiger partial charge in [-0.2, -0.15) is 0 Å². The van der Waals surface area contributed by atoms with Crippen molar-refractivity contribution in [3.63, 3.8) is 0 Å². The summed E-state index contributed by atoms with van der Waals surface area (Å²) in [6.45, 7) is 4.50. The van der Waals surface area contributed by atoms with E-state index in [0.717, 1.165) is 35.8 Å². The van der Waals surface area contributed by atoms with E-state index >= 15 is 0 Å². The smallest absolute Gasteiger partial charge is 0.0249 e. The van der Waals surface area contributed by atoms with E-state index < -0.39 is 0 Å². The molecule has 0 N–H and O–H groups in total.